The highest BCUT2D eigenvalue weighted by molar-refractivity contribution is 6.29. The molecule has 0 aliphatic rings. The molecule has 1 N–H and O–H groups in total. The van der Waals surface area contributed by atoms with Crippen LogP contribution in [0.1, 0.15) is 40.0 Å². The average molecular weight is 438 g/mol. The predicted molar refractivity (Wildman–Crippen MR) is 105 cm³/mol. The van der Waals surface area contributed by atoms with Crippen molar-refractivity contribution in [3.05, 3.63) is 88.2 Å². The molecule has 1 heterocycles. The van der Waals surface area contributed by atoms with Crippen molar-refractivity contribution in [3.8, 4) is 0 Å². The lowest BCUT2D eigenvalue weighted by molar-refractivity contribution is -0.137. The minimum atomic E-state index is -4.75. The third-order valence-electron chi connectivity index (χ3n) is 4.37. The molecule has 2 aromatic carbocycles. The largest absolute Gasteiger partial charge is 0.416 e. The van der Waals surface area contributed by atoms with Gasteiger partial charge in [-0.2, -0.15) is 13.2 Å². The summed E-state index contributed by atoms with van der Waals surface area (Å²) in [5.74, 6) is -1.98. The molecule has 3 rings (SSSR count). The Labute approximate surface area is 174 Å². The van der Waals surface area contributed by atoms with Crippen LogP contribution in [0, 0.1) is 5.82 Å². The van der Waals surface area contributed by atoms with Gasteiger partial charge in [-0.15, -0.1) is 0 Å². The molecule has 4 nitrogen and oxygen atoms in total. The number of halogens is 5. The molecule has 0 saturated carbocycles. The summed E-state index contributed by atoms with van der Waals surface area (Å²) in [6.07, 6.45) is -1.17. The van der Waals surface area contributed by atoms with Crippen LogP contribution in [0.4, 0.5) is 23.2 Å². The van der Waals surface area contributed by atoms with Gasteiger partial charge in [0.2, 0.25) is 0 Å². The Morgan fingerprint density at radius 3 is 2.63 bits per heavy atom. The fourth-order valence-electron chi connectivity index (χ4n) is 2.92. The number of hydrogen-bond acceptors (Lipinski definition) is 3. The van der Waals surface area contributed by atoms with Crippen molar-refractivity contribution in [1.82, 2.24) is 9.97 Å². The van der Waals surface area contributed by atoms with Gasteiger partial charge in [0.25, 0.3) is 5.91 Å². The van der Waals surface area contributed by atoms with E-state index in [9.17, 15) is 22.4 Å². The molecule has 0 radical (unpaired) electrons. The first kappa shape index (κ1) is 21.7. The van der Waals surface area contributed by atoms with Crippen LogP contribution in [0.25, 0.3) is 0 Å². The maximum absolute atomic E-state index is 13.6. The molecule has 9 heteroatoms. The van der Waals surface area contributed by atoms with Crippen LogP contribution >= 0.6 is 11.6 Å². The number of benzene rings is 2. The van der Waals surface area contributed by atoms with Gasteiger partial charge in [-0.3, -0.25) is 9.78 Å². The molecule has 0 aliphatic carbocycles. The Hall–Kier alpha value is -3.00. The van der Waals surface area contributed by atoms with Crippen molar-refractivity contribution in [3.63, 3.8) is 0 Å². The maximum atomic E-state index is 13.6. The van der Waals surface area contributed by atoms with E-state index < -0.39 is 29.0 Å². The monoisotopic (exact) mass is 437 g/mol. The smallest absolute Gasteiger partial charge is 0.322 e. The molecule has 0 bridgehead atoms. The van der Waals surface area contributed by atoms with Crippen LogP contribution < -0.4 is 5.32 Å². The van der Waals surface area contributed by atoms with Crippen LogP contribution in [0.5, 0.6) is 0 Å². The number of nitrogens with zero attached hydrogens (tertiary/aromatic N) is 2. The van der Waals surface area contributed by atoms with Crippen molar-refractivity contribution in [1.29, 1.82) is 0 Å². The Balaban J connectivity index is 1.76. The first-order chi connectivity index (χ1) is 14.1. The van der Waals surface area contributed by atoms with Gasteiger partial charge in [0.05, 0.1) is 17.5 Å². The standard InChI is InChI=1S/C21H16ClF4N3O/c1-12(5-18-10-27-11-19(22)28-18)13-3-2-4-17(8-13)29-20(30)14-6-15(21(24,25)26)9-16(23)7-14/h2-4,6-12H,5H2,1H3,(H,29,30)/t12-/m1/s1. The maximum Gasteiger partial charge on any atom is 0.416 e. The number of amides is 1. The topological polar surface area (TPSA) is 54.9 Å². The van der Waals surface area contributed by atoms with E-state index in [-0.39, 0.29) is 11.1 Å². The first-order valence-corrected chi connectivity index (χ1v) is 9.25. The summed E-state index contributed by atoms with van der Waals surface area (Å²) < 4.78 is 52.2. The zero-order valence-electron chi connectivity index (χ0n) is 15.7. The first-order valence-electron chi connectivity index (χ1n) is 8.87. The summed E-state index contributed by atoms with van der Waals surface area (Å²) in [5.41, 5.74) is 0.292. The molecular weight excluding hydrogens is 422 g/mol. The van der Waals surface area contributed by atoms with Gasteiger partial charge >= 0.3 is 6.18 Å². The highest BCUT2D eigenvalue weighted by Crippen LogP contribution is 2.31. The number of anilines is 1. The molecular formula is C21H16ClF4N3O. The number of hydrogen-bond donors (Lipinski definition) is 1. The molecule has 156 valence electrons. The molecule has 1 amide bonds. The minimum absolute atomic E-state index is 0.000575. The summed E-state index contributed by atoms with van der Waals surface area (Å²) in [6, 6.07) is 8.57. The number of alkyl halides is 3. The van der Waals surface area contributed by atoms with Crippen molar-refractivity contribution in [2.45, 2.75) is 25.4 Å². The summed E-state index contributed by atoms with van der Waals surface area (Å²) in [6.45, 7) is 1.95. The highest BCUT2D eigenvalue weighted by atomic mass is 35.5. The molecule has 0 aliphatic heterocycles. The van der Waals surface area contributed by atoms with E-state index in [0.29, 0.717) is 29.9 Å². The summed E-state index contributed by atoms with van der Waals surface area (Å²) in [7, 11) is 0. The Bertz CT molecular complexity index is 1070. The average Bonchev–Trinajstić information content (AvgIpc) is 2.67. The Morgan fingerprint density at radius 2 is 1.93 bits per heavy atom. The predicted octanol–water partition coefficient (Wildman–Crippen LogP) is 5.89. The molecule has 3 aromatic rings. The number of carbonyl (C=O) groups is 1. The summed E-state index contributed by atoms with van der Waals surface area (Å²) >= 11 is 5.85. The van der Waals surface area contributed by atoms with Crippen molar-refractivity contribution in [2.24, 2.45) is 0 Å². The number of aromatic nitrogens is 2. The van der Waals surface area contributed by atoms with Gasteiger partial charge in [0, 0.05) is 17.4 Å². The number of nitrogens with one attached hydrogen (secondary N) is 1. The van der Waals surface area contributed by atoms with Gasteiger partial charge in [0.1, 0.15) is 11.0 Å². The van der Waals surface area contributed by atoms with Crippen LogP contribution in [0.3, 0.4) is 0 Å². The second kappa shape index (κ2) is 8.79. The van der Waals surface area contributed by atoms with Gasteiger partial charge in [-0.25, -0.2) is 9.37 Å². The van der Waals surface area contributed by atoms with E-state index >= 15 is 0 Å². The second-order valence-corrected chi connectivity index (χ2v) is 7.13. The number of rotatable bonds is 5. The van der Waals surface area contributed by atoms with Gasteiger partial charge < -0.3 is 5.32 Å². The second-order valence-electron chi connectivity index (χ2n) is 6.74. The molecule has 1 aromatic heterocycles. The van der Waals surface area contributed by atoms with Gasteiger partial charge in [-0.1, -0.05) is 30.7 Å². The lowest BCUT2D eigenvalue weighted by Crippen LogP contribution is -2.15. The van der Waals surface area contributed by atoms with E-state index in [2.05, 4.69) is 15.3 Å². The molecule has 30 heavy (non-hydrogen) atoms. The molecule has 0 saturated heterocycles. The van der Waals surface area contributed by atoms with Crippen LogP contribution in [0.2, 0.25) is 5.15 Å². The van der Waals surface area contributed by atoms with Crippen LogP contribution in [-0.4, -0.2) is 15.9 Å². The number of carbonyl (C=O) groups excluding carboxylic acids is 1. The third-order valence-corrected chi connectivity index (χ3v) is 4.55. The zero-order valence-corrected chi connectivity index (χ0v) is 16.4. The van der Waals surface area contributed by atoms with Gasteiger partial charge in [-0.05, 0) is 48.2 Å². The summed E-state index contributed by atoms with van der Waals surface area (Å²) in [4.78, 5) is 20.6. The van der Waals surface area contributed by atoms with Crippen LogP contribution in [-0.2, 0) is 12.6 Å². The van der Waals surface area contributed by atoms with E-state index in [0.717, 1.165) is 11.6 Å². The lowest BCUT2D eigenvalue weighted by atomic mass is 9.96. The van der Waals surface area contributed by atoms with E-state index in [1.54, 1.807) is 24.4 Å². The van der Waals surface area contributed by atoms with Crippen molar-refractivity contribution in [2.75, 3.05) is 5.32 Å². The fraction of sp³-hybridized carbons (Fsp3) is 0.190. The molecule has 0 unspecified atom stereocenters. The Kier molecular flexibility index (Phi) is 6.36. The van der Waals surface area contributed by atoms with Crippen LogP contribution in [0.15, 0.2) is 54.9 Å². The Morgan fingerprint density at radius 1 is 1.17 bits per heavy atom. The zero-order chi connectivity index (χ0) is 21.9. The SMILES string of the molecule is C[C@H](Cc1cncc(Cl)n1)c1cccc(NC(=O)c2cc(F)cc(C(F)(F)F)c2)c1. The molecule has 0 fully saturated rings. The summed E-state index contributed by atoms with van der Waals surface area (Å²) in [5, 5.41) is 2.80. The minimum Gasteiger partial charge on any atom is -0.322 e. The van der Waals surface area contributed by atoms with E-state index in [1.165, 1.54) is 6.20 Å². The fourth-order valence-corrected chi connectivity index (χ4v) is 3.09. The highest BCUT2D eigenvalue weighted by Gasteiger charge is 2.32. The van der Waals surface area contributed by atoms with Gasteiger partial charge in [0.15, 0.2) is 0 Å². The quantitative estimate of drug-likeness (QED) is 0.507. The lowest BCUT2D eigenvalue weighted by Gasteiger charge is -2.14. The van der Waals surface area contributed by atoms with E-state index in [4.69, 9.17) is 11.6 Å². The molecule has 1 atom stereocenters. The van der Waals surface area contributed by atoms with E-state index in [1.807, 2.05) is 13.0 Å². The third kappa shape index (κ3) is 5.54. The van der Waals surface area contributed by atoms with Crippen molar-refractivity contribution >= 4 is 23.2 Å². The molecule has 0 spiro atoms. The normalized spacial score (nSPS) is 12.5. The van der Waals surface area contributed by atoms with Crippen molar-refractivity contribution < 1.29 is 22.4 Å².